The van der Waals surface area contributed by atoms with Crippen molar-refractivity contribution in [2.24, 2.45) is 0 Å². The molecular weight excluding hydrogens is 266 g/mol. The van der Waals surface area contributed by atoms with Crippen LogP contribution in [-0.4, -0.2) is 23.0 Å². The summed E-state index contributed by atoms with van der Waals surface area (Å²) in [6.07, 6.45) is 0.800. The van der Waals surface area contributed by atoms with E-state index in [0.717, 1.165) is 28.6 Å². The molecule has 1 rings (SSSR count). The second-order valence-corrected chi connectivity index (χ2v) is 6.84. The minimum absolute atomic E-state index is 0.112. The minimum atomic E-state index is 0.112. The SMILES string of the molecule is CC(C)(C)NCc1ccc(SCCCO)c(Cl)c1. The Bertz CT molecular complexity index is 377. The first-order chi connectivity index (χ1) is 8.42. The molecule has 1 aromatic carbocycles. The van der Waals surface area contributed by atoms with Crippen molar-refractivity contribution < 1.29 is 5.11 Å². The Kier molecular flexibility index (Phi) is 6.50. The molecule has 0 aromatic heterocycles. The van der Waals surface area contributed by atoms with Crippen LogP contribution < -0.4 is 5.32 Å². The number of aliphatic hydroxyl groups excluding tert-OH is 1. The number of hydrogen-bond donors (Lipinski definition) is 2. The molecule has 0 bridgehead atoms. The van der Waals surface area contributed by atoms with Gasteiger partial charge in [-0.05, 0) is 44.9 Å². The number of rotatable bonds is 6. The summed E-state index contributed by atoms with van der Waals surface area (Å²) in [5.41, 5.74) is 1.31. The molecule has 4 heteroatoms. The lowest BCUT2D eigenvalue weighted by Gasteiger charge is -2.20. The van der Waals surface area contributed by atoms with E-state index in [1.165, 1.54) is 5.56 Å². The number of thioether (sulfide) groups is 1. The van der Waals surface area contributed by atoms with Crippen LogP contribution >= 0.6 is 23.4 Å². The molecule has 0 fully saturated rings. The van der Waals surface area contributed by atoms with Crippen LogP contribution in [-0.2, 0) is 6.54 Å². The number of benzene rings is 1. The van der Waals surface area contributed by atoms with Gasteiger partial charge in [0.2, 0.25) is 0 Å². The largest absolute Gasteiger partial charge is 0.396 e. The number of halogens is 1. The first-order valence-corrected chi connectivity index (χ1v) is 7.56. The molecule has 0 saturated heterocycles. The minimum Gasteiger partial charge on any atom is -0.396 e. The summed E-state index contributed by atoms with van der Waals surface area (Å²) in [7, 11) is 0. The highest BCUT2D eigenvalue weighted by Gasteiger charge is 2.09. The van der Waals surface area contributed by atoms with E-state index in [1.54, 1.807) is 11.8 Å². The van der Waals surface area contributed by atoms with E-state index in [0.29, 0.717) is 0 Å². The summed E-state index contributed by atoms with van der Waals surface area (Å²) in [5.74, 6) is 0.899. The first-order valence-electron chi connectivity index (χ1n) is 6.19. The number of hydrogen-bond acceptors (Lipinski definition) is 3. The second-order valence-electron chi connectivity index (χ2n) is 5.29. The molecule has 0 atom stereocenters. The van der Waals surface area contributed by atoms with Crippen LogP contribution in [0.25, 0.3) is 0 Å². The Morgan fingerprint density at radius 3 is 2.61 bits per heavy atom. The number of aliphatic hydroxyl groups is 1. The van der Waals surface area contributed by atoms with E-state index in [1.807, 2.05) is 6.07 Å². The van der Waals surface area contributed by atoms with Crippen LogP contribution in [0.5, 0.6) is 0 Å². The van der Waals surface area contributed by atoms with Crippen molar-refractivity contribution in [2.45, 2.75) is 44.2 Å². The van der Waals surface area contributed by atoms with Gasteiger partial charge in [-0.1, -0.05) is 17.7 Å². The molecule has 1 aromatic rings. The zero-order valence-corrected chi connectivity index (χ0v) is 12.9. The van der Waals surface area contributed by atoms with Gasteiger partial charge in [0.15, 0.2) is 0 Å². The van der Waals surface area contributed by atoms with Crippen LogP contribution in [0.4, 0.5) is 0 Å². The molecule has 0 radical (unpaired) electrons. The quantitative estimate of drug-likeness (QED) is 0.618. The van der Waals surface area contributed by atoms with Crippen LogP contribution in [0.15, 0.2) is 23.1 Å². The fourth-order valence-corrected chi connectivity index (χ4v) is 2.61. The maximum atomic E-state index is 8.75. The third-order valence-corrected chi connectivity index (χ3v) is 3.96. The maximum Gasteiger partial charge on any atom is 0.0545 e. The van der Waals surface area contributed by atoms with Crippen LogP contribution in [0.1, 0.15) is 32.8 Å². The van der Waals surface area contributed by atoms with Crippen molar-refractivity contribution in [3.05, 3.63) is 28.8 Å². The molecule has 2 N–H and O–H groups in total. The van der Waals surface area contributed by atoms with Gasteiger partial charge in [-0.3, -0.25) is 0 Å². The Morgan fingerprint density at radius 2 is 2.06 bits per heavy atom. The first kappa shape index (κ1) is 15.8. The van der Waals surface area contributed by atoms with Gasteiger partial charge in [0.05, 0.1) is 5.02 Å². The zero-order chi connectivity index (χ0) is 13.6. The molecule has 0 aliphatic rings. The molecule has 0 aliphatic heterocycles. The Balaban J connectivity index is 2.56. The van der Waals surface area contributed by atoms with Gasteiger partial charge in [-0.15, -0.1) is 11.8 Å². The summed E-state index contributed by atoms with van der Waals surface area (Å²) in [4.78, 5) is 1.09. The molecule has 0 unspecified atom stereocenters. The average Bonchev–Trinajstić information content (AvgIpc) is 2.28. The van der Waals surface area contributed by atoms with E-state index >= 15 is 0 Å². The highest BCUT2D eigenvalue weighted by atomic mass is 35.5. The maximum absolute atomic E-state index is 8.75. The summed E-state index contributed by atoms with van der Waals surface area (Å²) in [6, 6.07) is 6.18. The molecule has 0 amide bonds. The van der Waals surface area contributed by atoms with Gasteiger partial charge in [-0.25, -0.2) is 0 Å². The van der Waals surface area contributed by atoms with Crippen LogP contribution in [0.2, 0.25) is 5.02 Å². The predicted molar refractivity (Wildman–Crippen MR) is 80.5 cm³/mol. The van der Waals surface area contributed by atoms with E-state index in [4.69, 9.17) is 16.7 Å². The van der Waals surface area contributed by atoms with Gasteiger partial charge in [0.1, 0.15) is 0 Å². The molecule has 102 valence electrons. The second kappa shape index (κ2) is 7.39. The molecule has 18 heavy (non-hydrogen) atoms. The summed E-state index contributed by atoms with van der Waals surface area (Å²) in [5, 5.41) is 13.0. The predicted octanol–water partition coefficient (Wildman–Crippen LogP) is 3.70. The zero-order valence-electron chi connectivity index (χ0n) is 11.3. The summed E-state index contributed by atoms with van der Waals surface area (Å²) >= 11 is 7.94. The lowest BCUT2D eigenvalue weighted by atomic mass is 10.1. The standard InChI is InChI=1S/C14H22ClNOS/c1-14(2,3)16-10-11-5-6-13(12(15)9-11)18-8-4-7-17/h5-6,9,16-17H,4,7-8,10H2,1-3H3. The molecular formula is C14H22ClNOS. The van der Waals surface area contributed by atoms with E-state index in [-0.39, 0.29) is 12.1 Å². The lowest BCUT2D eigenvalue weighted by molar-refractivity contribution is 0.296. The summed E-state index contributed by atoms with van der Waals surface area (Å²) in [6.45, 7) is 7.50. The third-order valence-electron chi connectivity index (χ3n) is 2.38. The summed E-state index contributed by atoms with van der Waals surface area (Å²) < 4.78 is 0. The smallest absolute Gasteiger partial charge is 0.0545 e. The van der Waals surface area contributed by atoms with Crippen LogP contribution in [0, 0.1) is 0 Å². The van der Waals surface area contributed by atoms with Crippen molar-refractivity contribution in [3.63, 3.8) is 0 Å². The molecule has 2 nitrogen and oxygen atoms in total. The fourth-order valence-electron chi connectivity index (χ4n) is 1.39. The molecule has 0 aliphatic carbocycles. The molecule has 0 heterocycles. The Hall–Kier alpha value is -0.220. The topological polar surface area (TPSA) is 32.3 Å². The Labute approximate surface area is 119 Å². The average molecular weight is 288 g/mol. The van der Waals surface area contributed by atoms with E-state index in [9.17, 15) is 0 Å². The van der Waals surface area contributed by atoms with Gasteiger partial charge in [-0.2, -0.15) is 0 Å². The van der Waals surface area contributed by atoms with Crippen molar-refractivity contribution in [3.8, 4) is 0 Å². The van der Waals surface area contributed by atoms with Gasteiger partial charge < -0.3 is 10.4 Å². The fraction of sp³-hybridized carbons (Fsp3) is 0.571. The highest BCUT2D eigenvalue weighted by molar-refractivity contribution is 7.99. The van der Waals surface area contributed by atoms with Crippen molar-refractivity contribution in [2.75, 3.05) is 12.4 Å². The number of nitrogens with one attached hydrogen (secondary N) is 1. The van der Waals surface area contributed by atoms with Crippen LogP contribution in [0.3, 0.4) is 0 Å². The van der Waals surface area contributed by atoms with Gasteiger partial charge in [0.25, 0.3) is 0 Å². The van der Waals surface area contributed by atoms with Crippen molar-refractivity contribution in [1.29, 1.82) is 0 Å². The van der Waals surface area contributed by atoms with Gasteiger partial charge >= 0.3 is 0 Å². The highest BCUT2D eigenvalue weighted by Crippen LogP contribution is 2.28. The van der Waals surface area contributed by atoms with E-state index in [2.05, 4.69) is 38.2 Å². The third kappa shape index (κ3) is 6.10. The Morgan fingerprint density at radius 1 is 1.33 bits per heavy atom. The van der Waals surface area contributed by atoms with E-state index < -0.39 is 0 Å². The normalized spacial score (nSPS) is 11.8. The molecule has 0 spiro atoms. The van der Waals surface area contributed by atoms with Crippen molar-refractivity contribution in [1.82, 2.24) is 5.32 Å². The molecule has 0 saturated carbocycles. The lowest BCUT2D eigenvalue weighted by Crippen LogP contribution is -2.35. The van der Waals surface area contributed by atoms with Crippen molar-refractivity contribution >= 4 is 23.4 Å². The monoisotopic (exact) mass is 287 g/mol. The van der Waals surface area contributed by atoms with Gasteiger partial charge in [0, 0.05) is 29.3 Å².